The maximum absolute atomic E-state index is 11.7. The van der Waals surface area contributed by atoms with Gasteiger partial charge < -0.3 is 5.11 Å². The second-order valence-electron chi connectivity index (χ2n) is 4.06. The number of aryl methyl sites for hydroxylation is 1. The molecule has 0 heterocycles. The molecule has 0 aliphatic carbocycles. The second-order valence-corrected chi connectivity index (χ2v) is 8.29. The predicted octanol–water partition coefficient (Wildman–Crippen LogP) is 0.437. The summed E-state index contributed by atoms with van der Waals surface area (Å²) >= 11 is 0. The number of carboxylic acids is 1. The molecule has 0 aliphatic heterocycles. The van der Waals surface area contributed by atoms with E-state index in [1.807, 2.05) is 4.72 Å². The van der Waals surface area contributed by atoms with Gasteiger partial charge in [0.1, 0.15) is 0 Å². The van der Waals surface area contributed by atoms with Crippen molar-refractivity contribution >= 4 is 31.5 Å². The Morgan fingerprint density at radius 2 is 1.84 bits per heavy atom. The lowest BCUT2D eigenvalue weighted by molar-refractivity contribution is 0.0698. The molecule has 0 spiro atoms. The number of anilines is 1. The van der Waals surface area contributed by atoms with E-state index < -0.39 is 30.9 Å². The quantitative estimate of drug-likeness (QED) is 0.815. The first-order valence-corrected chi connectivity index (χ1v) is 8.74. The lowest BCUT2D eigenvalue weighted by atomic mass is 10.1. The number of hydrogen-bond donors (Lipinski definition) is 2. The molecule has 7 nitrogen and oxygen atoms in total. The predicted molar refractivity (Wildman–Crippen MR) is 70.4 cm³/mol. The number of benzene rings is 1. The minimum Gasteiger partial charge on any atom is -0.478 e. The van der Waals surface area contributed by atoms with E-state index in [4.69, 9.17) is 5.11 Å². The van der Waals surface area contributed by atoms with Crippen molar-refractivity contribution in [1.29, 1.82) is 0 Å². The molecule has 0 amide bonds. The Hall–Kier alpha value is -1.61. The zero-order valence-electron chi connectivity index (χ0n) is 10.2. The van der Waals surface area contributed by atoms with Gasteiger partial charge in [-0.15, -0.1) is 0 Å². The Bertz CT molecular complexity index is 706. The molecular formula is C10H13NO6S2. The summed E-state index contributed by atoms with van der Waals surface area (Å²) in [4.78, 5) is 11.0. The third-order valence-corrected chi connectivity index (χ3v) is 5.60. The number of para-hydroxylation sites is 1. The van der Waals surface area contributed by atoms with Gasteiger partial charge in [0.05, 0.1) is 11.3 Å². The van der Waals surface area contributed by atoms with Crippen LogP contribution in [0.1, 0.15) is 15.9 Å². The first-order chi connectivity index (χ1) is 8.52. The summed E-state index contributed by atoms with van der Waals surface area (Å²) in [6.07, 6.45) is 0.780. The first kappa shape index (κ1) is 15.4. The zero-order chi connectivity index (χ0) is 14.8. The molecular weight excluding hydrogens is 294 g/mol. The summed E-state index contributed by atoms with van der Waals surface area (Å²) in [6, 6.07) is 4.21. The van der Waals surface area contributed by atoms with Crippen LogP contribution in [0.5, 0.6) is 0 Å². The van der Waals surface area contributed by atoms with Gasteiger partial charge in [0, 0.05) is 6.26 Å². The van der Waals surface area contributed by atoms with Crippen LogP contribution in [0.2, 0.25) is 0 Å². The van der Waals surface area contributed by atoms with E-state index in [1.165, 1.54) is 25.1 Å². The Balaban J connectivity index is 3.23. The van der Waals surface area contributed by atoms with Crippen LogP contribution >= 0.6 is 0 Å². The van der Waals surface area contributed by atoms with E-state index in [9.17, 15) is 21.6 Å². The highest BCUT2D eigenvalue weighted by Gasteiger charge is 2.22. The normalized spacial score (nSPS) is 12.1. The molecule has 0 unspecified atom stereocenters. The van der Waals surface area contributed by atoms with Crippen LogP contribution < -0.4 is 4.72 Å². The fourth-order valence-corrected chi connectivity index (χ4v) is 4.52. The number of nitrogens with one attached hydrogen (secondary N) is 1. The topological polar surface area (TPSA) is 118 Å². The van der Waals surface area contributed by atoms with Gasteiger partial charge in [-0.05, 0) is 18.6 Å². The van der Waals surface area contributed by atoms with Crippen molar-refractivity contribution in [3.05, 3.63) is 29.3 Å². The van der Waals surface area contributed by atoms with Crippen LogP contribution in [0.25, 0.3) is 0 Å². The minimum absolute atomic E-state index is 0.126. The van der Waals surface area contributed by atoms with Crippen LogP contribution in [0.15, 0.2) is 18.2 Å². The van der Waals surface area contributed by atoms with Crippen LogP contribution in [-0.4, -0.2) is 39.3 Å². The Labute approximate surface area is 111 Å². The summed E-state index contributed by atoms with van der Waals surface area (Å²) in [5, 5.41) is 7.86. The molecule has 1 rings (SSSR count). The lowest BCUT2D eigenvalue weighted by Gasteiger charge is -2.12. The van der Waals surface area contributed by atoms with E-state index in [-0.39, 0.29) is 11.3 Å². The molecule has 1 aromatic carbocycles. The number of carboxylic acid groups (broad SMARTS) is 1. The van der Waals surface area contributed by atoms with Crippen molar-refractivity contribution < 1.29 is 26.7 Å². The van der Waals surface area contributed by atoms with Gasteiger partial charge in [-0.2, -0.15) is 0 Å². The highest BCUT2D eigenvalue weighted by atomic mass is 32.3. The highest BCUT2D eigenvalue weighted by Crippen LogP contribution is 2.22. The SMILES string of the molecule is Cc1cccc(C(=O)O)c1NS(=O)(=O)CS(C)(=O)=O. The van der Waals surface area contributed by atoms with Gasteiger partial charge in [-0.1, -0.05) is 12.1 Å². The molecule has 106 valence electrons. The summed E-state index contributed by atoms with van der Waals surface area (Å²) in [5.41, 5.74) is 0.0210. The maximum Gasteiger partial charge on any atom is 0.337 e. The van der Waals surface area contributed by atoms with Gasteiger partial charge in [-0.3, -0.25) is 4.72 Å². The van der Waals surface area contributed by atoms with Crippen LogP contribution in [0.4, 0.5) is 5.69 Å². The van der Waals surface area contributed by atoms with Crippen molar-refractivity contribution in [2.45, 2.75) is 6.92 Å². The second kappa shape index (κ2) is 5.17. The van der Waals surface area contributed by atoms with Gasteiger partial charge in [0.2, 0.25) is 10.0 Å². The van der Waals surface area contributed by atoms with E-state index in [2.05, 4.69) is 0 Å². The number of hydrogen-bond acceptors (Lipinski definition) is 5. The fraction of sp³-hybridized carbons (Fsp3) is 0.300. The number of sulfonamides is 1. The molecule has 0 fully saturated rings. The number of aromatic carboxylic acids is 1. The minimum atomic E-state index is -4.17. The van der Waals surface area contributed by atoms with Gasteiger partial charge in [0.25, 0.3) is 0 Å². The lowest BCUT2D eigenvalue weighted by Crippen LogP contribution is -2.23. The van der Waals surface area contributed by atoms with Crippen LogP contribution in [0.3, 0.4) is 0 Å². The monoisotopic (exact) mass is 307 g/mol. The van der Waals surface area contributed by atoms with Crippen molar-refractivity contribution in [3.8, 4) is 0 Å². The Morgan fingerprint density at radius 3 is 2.32 bits per heavy atom. The third-order valence-electron chi connectivity index (χ3n) is 2.13. The Kier molecular flexibility index (Phi) is 4.21. The van der Waals surface area contributed by atoms with E-state index in [0.717, 1.165) is 6.26 Å². The molecule has 2 N–H and O–H groups in total. The molecule has 0 aromatic heterocycles. The van der Waals surface area contributed by atoms with E-state index in [0.29, 0.717) is 5.56 Å². The molecule has 0 saturated heterocycles. The summed E-state index contributed by atoms with van der Waals surface area (Å²) in [5.74, 6) is -1.30. The summed E-state index contributed by atoms with van der Waals surface area (Å²) in [7, 11) is -7.92. The molecule has 19 heavy (non-hydrogen) atoms. The number of carbonyl (C=O) groups is 1. The highest BCUT2D eigenvalue weighted by molar-refractivity contribution is 8.08. The summed E-state index contributed by atoms with van der Waals surface area (Å²) in [6.45, 7) is 1.52. The summed E-state index contributed by atoms with van der Waals surface area (Å²) < 4.78 is 47.3. The maximum atomic E-state index is 11.7. The van der Waals surface area contributed by atoms with E-state index in [1.54, 1.807) is 0 Å². The fourth-order valence-electron chi connectivity index (χ4n) is 1.45. The van der Waals surface area contributed by atoms with E-state index >= 15 is 0 Å². The van der Waals surface area contributed by atoms with Crippen LogP contribution in [-0.2, 0) is 19.9 Å². The van der Waals surface area contributed by atoms with Gasteiger partial charge in [0.15, 0.2) is 14.9 Å². The standard InChI is InChI=1S/C10H13NO6S2/c1-7-4-3-5-8(10(12)13)9(7)11-19(16,17)6-18(2,14)15/h3-5,11H,6H2,1-2H3,(H,12,13). The molecule has 0 bridgehead atoms. The smallest absolute Gasteiger partial charge is 0.337 e. The molecule has 0 saturated carbocycles. The molecule has 0 atom stereocenters. The van der Waals surface area contributed by atoms with Crippen molar-refractivity contribution in [2.75, 3.05) is 16.1 Å². The number of rotatable bonds is 5. The van der Waals surface area contributed by atoms with Crippen molar-refractivity contribution in [2.24, 2.45) is 0 Å². The third kappa shape index (κ3) is 4.52. The average molecular weight is 307 g/mol. The molecule has 1 aromatic rings. The number of sulfone groups is 1. The zero-order valence-corrected chi connectivity index (χ0v) is 11.9. The molecule has 0 aliphatic rings. The molecule has 9 heteroatoms. The van der Waals surface area contributed by atoms with Gasteiger partial charge >= 0.3 is 5.97 Å². The largest absolute Gasteiger partial charge is 0.478 e. The van der Waals surface area contributed by atoms with Crippen molar-refractivity contribution in [3.63, 3.8) is 0 Å². The van der Waals surface area contributed by atoms with Gasteiger partial charge in [-0.25, -0.2) is 21.6 Å². The van der Waals surface area contributed by atoms with Crippen LogP contribution in [0, 0.1) is 6.92 Å². The van der Waals surface area contributed by atoms with Crippen molar-refractivity contribution in [1.82, 2.24) is 0 Å². The Morgan fingerprint density at radius 1 is 1.26 bits per heavy atom. The average Bonchev–Trinajstić information content (AvgIpc) is 2.16. The first-order valence-electron chi connectivity index (χ1n) is 5.03. The molecule has 0 radical (unpaired) electrons.